The normalized spacial score (nSPS) is 16.1. The highest BCUT2D eigenvalue weighted by atomic mass is 16.5. The van der Waals surface area contributed by atoms with Crippen molar-refractivity contribution in [1.29, 1.82) is 0 Å². The van der Waals surface area contributed by atoms with Crippen LogP contribution in [0.25, 0.3) is 0 Å². The lowest BCUT2D eigenvalue weighted by atomic mass is 9.90. The van der Waals surface area contributed by atoms with Crippen LogP contribution >= 0.6 is 0 Å². The summed E-state index contributed by atoms with van der Waals surface area (Å²) in [6.45, 7) is 4.35. The van der Waals surface area contributed by atoms with E-state index in [0.717, 1.165) is 30.6 Å². The SMILES string of the molecule is CCOc1cc(CNC)ccc1OCC1CCCCC1. The van der Waals surface area contributed by atoms with Crippen LogP contribution in [0, 0.1) is 5.92 Å². The number of ether oxygens (including phenoxy) is 2. The smallest absolute Gasteiger partial charge is 0.161 e. The molecule has 1 aromatic rings. The minimum Gasteiger partial charge on any atom is -0.490 e. The van der Waals surface area contributed by atoms with Crippen molar-refractivity contribution in [2.45, 2.75) is 45.6 Å². The molecule has 0 amide bonds. The highest BCUT2D eigenvalue weighted by molar-refractivity contribution is 5.43. The van der Waals surface area contributed by atoms with Gasteiger partial charge in [-0.05, 0) is 50.4 Å². The lowest BCUT2D eigenvalue weighted by Crippen LogP contribution is -2.15. The zero-order valence-electron chi connectivity index (χ0n) is 12.8. The van der Waals surface area contributed by atoms with E-state index in [0.29, 0.717) is 6.61 Å². The van der Waals surface area contributed by atoms with Gasteiger partial charge in [0.25, 0.3) is 0 Å². The maximum Gasteiger partial charge on any atom is 0.161 e. The minimum absolute atomic E-state index is 0.669. The molecule has 20 heavy (non-hydrogen) atoms. The topological polar surface area (TPSA) is 30.5 Å². The Hall–Kier alpha value is -1.22. The van der Waals surface area contributed by atoms with Gasteiger partial charge in [-0.15, -0.1) is 0 Å². The molecule has 0 bridgehead atoms. The van der Waals surface area contributed by atoms with E-state index >= 15 is 0 Å². The van der Waals surface area contributed by atoms with Crippen molar-refractivity contribution in [3.8, 4) is 11.5 Å². The fraction of sp³-hybridized carbons (Fsp3) is 0.647. The van der Waals surface area contributed by atoms with Crippen molar-refractivity contribution in [2.75, 3.05) is 20.3 Å². The molecule has 3 heteroatoms. The summed E-state index contributed by atoms with van der Waals surface area (Å²) in [4.78, 5) is 0. The molecule has 112 valence electrons. The molecule has 0 unspecified atom stereocenters. The van der Waals surface area contributed by atoms with Crippen molar-refractivity contribution < 1.29 is 9.47 Å². The van der Waals surface area contributed by atoms with Gasteiger partial charge in [0.15, 0.2) is 11.5 Å². The molecular weight excluding hydrogens is 250 g/mol. The van der Waals surface area contributed by atoms with Gasteiger partial charge in [0.1, 0.15) is 0 Å². The summed E-state index contributed by atoms with van der Waals surface area (Å²) in [5, 5.41) is 3.16. The first-order chi connectivity index (χ1) is 9.83. The lowest BCUT2D eigenvalue weighted by molar-refractivity contribution is 0.199. The largest absolute Gasteiger partial charge is 0.490 e. The van der Waals surface area contributed by atoms with Crippen molar-refractivity contribution in [1.82, 2.24) is 5.32 Å². The molecule has 1 fully saturated rings. The van der Waals surface area contributed by atoms with Crippen LogP contribution in [0.4, 0.5) is 0 Å². The molecule has 0 spiro atoms. The van der Waals surface area contributed by atoms with Crippen LogP contribution in [0.1, 0.15) is 44.6 Å². The molecule has 0 heterocycles. The molecule has 2 rings (SSSR count). The van der Waals surface area contributed by atoms with E-state index in [9.17, 15) is 0 Å². The molecule has 1 aliphatic rings. The Balaban J connectivity index is 1.97. The minimum atomic E-state index is 0.669. The zero-order chi connectivity index (χ0) is 14.2. The second-order valence-electron chi connectivity index (χ2n) is 5.56. The van der Waals surface area contributed by atoms with Crippen molar-refractivity contribution in [2.24, 2.45) is 5.92 Å². The Morgan fingerprint density at radius 3 is 2.60 bits per heavy atom. The van der Waals surface area contributed by atoms with Gasteiger partial charge in [0.2, 0.25) is 0 Å². The molecule has 3 nitrogen and oxygen atoms in total. The molecule has 1 aliphatic carbocycles. The highest BCUT2D eigenvalue weighted by Gasteiger charge is 2.15. The fourth-order valence-corrected chi connectivity index (χ4v) is 2.82. The first-order valence-electron chi connectivity index (χ1n) is 7.86. The summed E-state index contributed by atoms with van der Waals surface area (Å²) in [6, 6.07) is 6.23. The number of nitrogens with one attached hydrogen (secondary N) is 1. The summed E-state index contributed by atoms with van der Waals surface area (Å²) in [5.74, 6) is 2.48. The van der Waals surface area contributed by atoms with Crippen LogP contribution in [-0.4, -0.2) is 20.3 Å². The van der Waals surface area contributed by atoms with Gasteiger partial charge in [-0.1, -0.05) is 25.3 Å². The predicted octanol–water partition coefficient (Wildman–Crippen LogP) is 3.76. The Morgan fingerprint density at radius 2 is 1.90 bits per heavy atom. The summed E-state index contributed by atoms with van der Waals surface area (Å²) in [6.07, 6.45) is 6.71. The van der Waals surface area contributed by atoms with E-state index in [1.165, 1.54) is 37.7 Å². The quantitative estimate of drug-likeness (QED) is 0.823. The van der Waals surface area contributed by atoms with Crippen LogP contribution in [-0.2, 0) is 6.54 Å². The summed E-state index contributed by atoms with van der Waals surface area (Å²) >= 11 is 0. The number of hydrogen-bond donors (Lipinski definition) is 1. The van der Waals surface area contributed by atoms with E-state index < -0.39 is 0 Å². The summed E-state index contributed by atoms with van der Waals surface area (Å²) in [5.41, 5.74) is 1.22. The van der Waals surface area contributed by atoms with E-state index in [1.807, 2.05) is 20.0 Å². The summed E-state index contributed by atoms with van der Waals surface area (Å²) in [7, 11) is 1.95. The maximum atomic E-state index is 6.02. The molecule has 1 saturated carbocycles. The van der Waals surface area contributed by atoms with Crippen molar-refractivity contribution in [3.05, 3.63) is 23.8 Å². The molecule has 1 aromatic carbocycles. The first kappa shape index (κ1) is 15.2. The van der Waals surface area contributed by atoms with E-state index in [4.69, 9.17) is 9.47 Å². The Kier molecular flexibility index (Phi) is 6.19. The second-order valence-corrected chi connectivity index (χ2v) is 5.56. The van der Waals surface area contributed by atoms with Crippen molar-refractivity contribution in [3.63, 3.8) is 0 Å². The molecule has 0 atom stereocenters. The number of benzene rings is 1. The van der Waals surface area contributed by atoms with Crippen LogP contribution in [0.15, 0.2) is 18.2 Å². The van der Waals surface area contributed by atoms with Gasteiger partial charge in [0, 0.05) is 6.54 Å². The number of hydrogen-bond acceptors (Lipinski definition) is 3. The van der Waals surface area contributed by atoms with Crippen LogP contribution in [0.5, 0.6) is 11.5 Å². The van der Waals surface area contributed by atoms with Crippen LogP contribution in [0.3, 0.4) is 0 Å². The molecule has 0 radical (unpaired) electrons. The van der Waals surface area contributed by atoms with Gasteiger partial charge in [-0.3, -0.25) is 0 Å². The average Bonchev–Trinajstić information content (AvgIpc) is 2.48. The van der Waals surface area contributed by atoms with Crippen LogP contribution in [0.2, 0.25) is 0 Å². The third-order valence-electron chi connectivity index (χ3n) is 3.89. The highest BCUT2D eigenvalue weighted by Crippen LogP contribution is 2.31. The first-order valence-corrected chi connectivity index (χ1v) is 7.86. The van der Waals surface area contributed by atoms with Crippen LogP contribution < -0.4 is 14.8 Å². The van der Waals surface area contributed by atoms with E-state index in [1.54, 1.807) is 0 Å². The van der Waals surface area contributed by atoms with Gasteiger partial charge in [-0.2, -0.15) is 0 Å². The molecular formula is C17H27NO2. The third kappa shape index (κ3) is 4.41. The van der Waals surface area contributed by atoms with Gasteiger partial charge in [-0.25, -0.2) is 0 Å². The molecule has 0 aliphatic heterocycles. The van der Waals surface area contributed by atoms with Gasteiger partial charge in [0.05, 0.1) is 13.2 Å². The monoisotopic (exact) mass is 277 g/mol. The van der Waals surface area contributed by atoms with Gasteiger partial charge < -0.3 is 14.8 Å². The molecule has 1 N–H and O–H groups in total. The Labute approximate surface area is 122 Å². The lowest BCUT2D eigenvalue weighted by Gasteiger charge is -2.22. The van der Waals surface area contributed by atoms with E-state index in [2.05, 4.69) is 17.4 Å². The maximum absolute atomic E-state index is 6.02. The molecule has 0 aromatic heterocycles. The summed E-state index contributed by atoms with van der Waals surface area (Å²) < 4.78 is 11.7. The predicted molar refractivity (Wildman–Crippen MR) is 82.4 cm³/mol. The standard InChI is InChI=1S/C17H27NO2/c1-3-19-17-11-15(12-18-2)9-10-16(17)20-13-14-7-5-4-6-8-14/h9-11,14,18H,3-8,12-13H2,1-2H3. The second kappa shape index (κ2) is 8.15. The van der Waals surface area contributed by atoms with Crippen molar-refractivity contribution >= 4 is 0 Å². The fourth-order valence-electron chi connectivity index (χ4n) is 2.82. The Bertz CT molecular complexity index is 400. The molecule has 0 saturated heterocycles. The average molecular weight is 277 g/mol. The Morgan fingerprint density at radius 1 is 1.10 bits per heavy atom. The van der Waals surface area contributed by atoms with Gasteiger partial charge >= 0.3 is 0 Å². The zero-order valence-corrected chi connectivity index (χ0v) is 12.8. The third-order valence-corrected chi connectivity index (χ3v) is 3.89. The number of rotatable bonds is 7. The van der Waals surface area contributed by atoms with E-state index in [-0.39, 0.29) is 0 Å².